The van der Waals surface area contributed by atoms with Crippen molar-refractivity contribution in [3.63, 3.8) is 0 Å². The van der Waals surface area contributed by atoms with Gasteiger partial charge < -0.3 is 5.73 Å². The van der Waals surface area contributed by atoms with Crippen LogP contribution in [0.15, 0.2) is 24.3 Å². The third kappa shape index (κ3) is 1.74. The minimum Gasteiger partial charge on any atom is -0.326 e. The van der Waals surface area contributed by atoms with Gasteiger partial charge in [-0.15, -0.1) is 0 Å². The second-order valence-electron chi connectivity index (χ2n) is 3.51. The number of hydrogen-bond donors (Lipinski definition) is 1. The van der Waals surface area contributed by atoms with Crippen LogP contribution in [0.4, 0.5) is 0 Å². The average Bonchev–Trinajstić information content (AvgIpc) is 2.17. The number of benzene rings is 1. The van der Waals surface area contributed by atoms with Gasteiger partial charge in [0.25, 0.3) is 0 Å². The molecular weight excluding hydrogens is 178 g/mol. The zero-order chi connectivity index (χ0) is 9.26. The first-order valence-electron chi connectivity index (χ1n) is 4.77. The summed E-state index contributed by atoms with van der Waals surface area (Å²) in [6, 6.07) is 9.23. The Balaban J connectivity index is 2.13. The van der Waals surface area contributed by atoms with Crippen molar-refractivity contribution in [3.8, 4) is 0 Å². The molecule has 2 N–H and O–H groups in total. The SMILES string of the molecule is CCc1ccc(C2SCC2N)cc1. The third-order valence-electron chi connectivity index (χ3n) is 2.57. The summed E-state index contributed by atoms with van der Waals surface area (Å²) in [5, 5.41) is 0.547. The van der Waals surface area contributed by atoms with E-state index in [-0.39, 0.29) is 0 Å². The van der Waals surface area contributed by atoms with Crippen molar-refractivity contribution >= 4 is 11.8 Å². The van der Waals surface area contributed by atoms with Gasteiger partial charge in [-0.1, -0.05) is 31.2 Å². The van der Waals surface area contributed by atoms with E-state index in [1.165, 1.54) is 11.1 Å². The number of aryl methyl sites for hydroxylation is 1. The Bertz CT molecular complexity index is 281. The van der Waals surface area contributed by atoms with E-state index in [2.05, 4.69) is 31.2 Å². The molecule has 1 fully saturated rings. The molecule has 2 heteroatoms. The first kappa shape index (κ1) is 9.10. The molecule has 1 nitrogen and oxygen atoms in total. The largest absolute Gasteiger partial charge is 0.326 e. The number of rotatable bonds is 2. The molecule has 0 saturated carbocycles. The Labute approximate surface area is 83.7 Å². The Hall–Kier alpha value is -0.470. The maximum absolute atomic E-state index is 5.90. The molecule has 0 aliphatic carbocycles. The fourth-order valence-electron chi connectivity index (χ4n) is 1.59. The van der Waals surface area contributed by atoms with Gasteiger partial charge in [-0.25, -0.2) is 0 Å². The summed E-state index contributed by atoms with van der Waals surface area (Å²) in [7, 11) is 0. The lowest BCUT2D eigenvalue weighted by atomic mass is 10.0. The van der Waals surface area contributed by atoms with E-state index in [1.54, 1.807) is 0 Å². The summed E-state index contributed by atoms with van der Waals surface area (Å²) in [6.07, 6.45) is 1.12. The highest BCUT2D eigenvalue weighted by Crippen LogP contribution is 2.41. The molecule has 70 valence electrons. The summed E-state index contributed by atoms with van der Waals surface area (Å²) in [5.41, 5.74) is 8.70. The van der Waals surface area contributed by atoms with E-state index in [4.69, 9.17) is 5.73 Å². The molecule has 0 aromatic heterocycles. The summed E-state index contributed by atoms with van der Waals surface area (Å²) < 4.78 is 0. The molecule has 0 radical (unpaired) electrons. The van der Waals surface area contributed by atoms with Crippen LogP contribution in [0.3, 0.4) is 0 Å². The van der Waals surface area contributed by atoms with Gasteiger partial charge in [-0.05, 0) is 17.5 Å². The first-order valence-corrected chi connectivity index (χ1v) is 5.82. The highest BCUT2D eigenvalue weighted by Gasteiger charge is 2.29. The molecular formula is C11H15NS. The van der Waals surface area contributed by atoms with E-state index in [0.717, 1.165) is 12.2 Å². The Morgan fingerprint density at radius 2 is 2.08 bits per heavy atom. The number of nitrogens with two attached hydrogens (primary N) is 1. The van der Waals surface area contributed by atoms with Crippen molar-refractivity contribution in [3.05, 3.63) is 35.4 Å². The second kappa shape index (κ2) is 3.72. The smallest absolute Gasteiger partial charge is 0.0457 e. The van der Waals surface area contributed by atoms with Gasteiger partial charge in [0.1, 0.15) is 0 Å². The van der Waals surface area contributed by atoms with Gasteiger partial charge >= 0.3 is 0 Å². The van der Waals surface area contributed by atoms with Crippen molar-refractivity contribution in [2.75, 3.05) is 5.75 Å². The van der Waals surface area contributed by atoms with Crippen LogP contribution in [-0.2, 0) is 6.42 Å². The number of hydrogen-bond acceptors (Lipinski definition) is 2. The van der Waals surface area contributed by atoms with Crippen LogP contribution in [0.2, 0.25) is 0 Å². The van der Waals surface area contributed by atoms with Crippen LogP contribution in [0.5, 0.6) is 0 Å². The van der Waals surface area contributed by atoms with Crippen LogP contribution in [-0.4, -0.2) is 11.8 Å². The van der Waals surface area contributed by atoms with Gasteiger partial charge in [0.15, 0.2) is 0 Å². The molecule has 1 aromatic rings. The van der Waals surface area contributed by atoms with Crippen molar-refractivity contribution in [2.24, 2.45) is 5.73 Å². The molecule has 2 unspecified atom stereocenters. The van der Waals surface area contributed by atoms with E-state index in [1.807, 2.05) is 11.8 Å². The van der Waals surface area contributed by atoms with Crippen molar-refractivity contribution in [1.82, 2.24) is 0 Å². The molecule has 1 saturated heterocycles. The van der Waals surface area contributed by atoms with Crippen molar-refractivity contribution in [2.45, 2.75) is 24.6 Å². The molecule has 1 aliphatic rings. The van der Waals surface area contributed by atoms with E-state index < -0.39 is 0 Å². The van der Waals surface area contributed by atoms with Crippen LogP contribution < -0.4 is 5.73 Å². The fourth-order valence-corrected chi connectivity index (χ4v) is 2.55. The van der Waals surface area contributed by atoms with Crippen LogP contribution in [0, 0.1) is 0 Å². The lowest BCUT2D eigenvalue weighted by Gasteiger charge is -2.33. The Morgan fingerprint density at radius 3 is 2.46 bits per heavy atom. The zero-order valence-electron chi connectivity index (χ0n) is 7.86. The predicted octanol–water partition coefficient (Wildman–Crippen LogP) is 2.36. The van der Waals surface area contributed by atoms with E-state index in [9.17, 15) is 0 Å². The number of thioether (sulfide) groups is 1. The van der Waals surface area contributed by atoms with Crippen LogP contribution in [0.1, 0.15) is 23.3 Å². The maximum Gasteiger partial charge on any atom is 0.0457 e. The van der Waals surface area contributed by atoms with Crippen molar-refractivity contribution in [1.29, 1.82) is 0 Å². The zero-order valence-corrected chi connectivity index (χ0v) is 8.68. The molecule has 0 bridgehead atoms. The minimum absolute atomic E-state index is 0.373. The van der Waals surface area contributed by atoms with Crippen LogP contribution in [0.25, 0.3) is 0 Å². The monoisotopic (exact) mass is 193 g/mol. The third-order valence-corrected chi connectivity index (χ3v) is 4.13. The Morgan fingerprint density at radius 1 is 1.38 bits per heavy atom. The summed E-state index contributed by atoms with van der Waals surface area (Å²) in [6.45, 7) is 2.18. The molecule has 2 rings (SSSR count). The standard InChI is InChI=1S/C11H15NS/c1-2-8-3-5-9(6-4-8)11-10(12)7-13-11/h3-6,10-11H,2,7,12H2,1H3. The Kier molecular flexibility index (Phi) is 2.61. The fraction of sp³-hybridized carbons (Fsp3) is 0.455. The van der Waals surface area contributed by atoms with Gasteiger partial charge in [0, 0.05) is 17.0 Å². The van der Waals surface area contributed by atoms with Gasteiger partial charge in [-0.2, -0.15) is 11.8 Å². The molecule has 0 amide bonds. The summed E-state index contributed by atoms with van der Waals surface area (Å²) >= 11 is 1.95. The minimum atomic E-state index is 0.373. The maximum atomic E-state index is 5.90. The molecule has 1 heterocycles. The first-order chi connectivity index (χ1) is 6.31. The van der Waals surface area contributed by atoms with Gasteiger partial charge in [0.2, 0.25) is 0 Å². The quantitative estimate of drug-likeness (QED) is 0.780. The lowest BCUT2D eigenvalue weighted by Crippen LogP contribution is -2.37. The molecule has 1 aromatic carbocycles. The molecule has 2 atom stereocenters. The molecule has 0 spiro atoms. The van der Waals surface area contributed by atoms with E-state index >= 15 is 0 Å². The van der Waals surface area contributed by atoms with Crippen LogP contribution >= 0.6 is 11.8 Å². The predicted molar refractivity (Wildman–Crippen MR) is 59.0 cm³/mol. The highest BCUT2D eigenvalue weighted by molar-refractivity contribution is 8.01. The molecule has 1 aliphatic heterocycles. The second-order valence-corrected chi connectivity index (χ2v) is 4.69. The normalized spacial score (nSPS) is 26.9. The van der Waals surface area contributed by atoms with Gasteiger partial charge in [-0.3, -0.25) is 0 Å². The average molecular weight is 193 g/mol. The molecule has 13 heavy (non-hydrogen) atoms. The summed E-state index contributed by atoms with van der Waals surface area (Å²) in [4.78, 5) is 0. The van der Waals surface area contributed by atoms with E-state index in [0.29, 0.717) is 11.3 Å². The summed E-state index contributed by atoms with van der Waals surface area (Å²) in [5.74, 6) is 1.11. The van der Waals surface area contributed by atoms with Crippen molar-refractivity contribution < 1.29 is 0 Å². The highest BCUT2D eigenvalue weighted by atomic mass is 32.2. The van der Waals surface area contributed by atoms with Gasteiger partial charge in [0.05, 0.1) is 0 Å². The topological polar surface area (TPSA) is 26.0 Å². The lowest BCUT2D eigenvalue weighted by molar-refractivity contribution is 0.686.